The Morgan fingerprint density at radius 2 is 1.98 bits per heavy atom. The second-order valence-corrected chi connectivity index (χ2v) is 12.1. The molecule has 2 aromatic heterocycles. The summed E-state index contributed by atoms with van der Waals surface area (Å²) in [6, 6.07) is 8.10. The molecule has 0 N–H and O–H groups in total. The van der Waals surface area contributed by atoms with Gasteiger partial charge >= 0.3 is 0 Å². The largest absolute Gasteiger partial charge is 0.494 e. The zero-order chi connectivity index (χ0) is 28.1. The molecule has 0 saturated carbocycles. The minimum atomic E-state index is -0.0443. The maximum Gasteiger partial charge on any atom is 0.222 e. The average Bonchev–Trinajstić information content (AvgIpc) is 3.54. The number of Topliss-reactive ketones (excluding diaryl/α,β-unsaturated/α-hetero) is 1. The highest BCUT2D eigenvalue weighted by Gasteiger charge is 2.29. The molecule has 1 aromatic carbocycles. The second-order valence-electron chi connectivity index (χ2n) is 11.2. The zero-order valence-electron chi connectivity index (χ0n) is 24.0. The highest BCUT2D eigenvalue weighted by atomic mass is 32.1. The number of benzene rings is 1. The number of pyridine rings is 1. The number of fused-ring (bicyclic) bond motifs is 1. The number of hydrogen-bond acceptors (Lipinski definition) is 8. The fourth-order valence-electron chi connectivity index (χ4n) is 5.92. The third-order valence-corrected chi connectivity index (χ3v) is 9.23. The molecule has 1 amide bonds. The van der Waals surface area contributed by atoms with Crippen molar-refractivity contribution >= 4 is 39.6 Å². The summed E-state index contributed by atoms with van der Waals surface area (Å²) in [6.45, 7) is 9.26. The number of thiazole rings is 1. The summed E-state index contributed by atoms with van der Waals surface area (Å²) in [7, 11) is 1.72. The highest BCUT2D eigenvalue weighted by molar-refractivity contribution is 7.09. The van der Waals surface area contributed by atoms with E-state index < -0.39 is 0 Å². The lowest BCUT2D eigenvalue weighted by atomic mass is 10.0. The number of carbonyl (C=O) groups is 2. The molecule has 8 nitrogen and oxygen atoms in total. The molecular weight excluding hydrogens is 522 g/mol. The Morgan fingerprint density at radius 1 is 1.10 bits per heavy atom. The number of methoxy groups -OCH3 is 1. The van der Waals surface area contributed by atoms with Crippen LogP contribution < -0.4 is 9.64 Å². The van der Waals surface area contributed by atoms with E-state index in [0.717, 1.165) is 85.0 Å². The fourth-order valence-corrected chi connectivity index (χ4v) is 6.80. The van der Waals surface area contributed by atoms with E-state index in [0.29, 0.717) is 31.7 Å². The van der Waals surface area contributed by atoms with Gasteiger partial charge in [0.1, 0.15) is 17.2 Å². The lowest BCUT2D eigenvalue weighted by Gasteiger charge is -2.30. The summed E-state index contributed by atoms with van der Waals surface area (Å²) >= 11 is 1.69. The number of aromatic nitrogens is 2. The Balaban J connectivity index is 1.31. The molecule has 0 bridgehead atoms. The molecule has 1 unspecified atom stereocenters. The van der Waals surface area contributed by atoms with Crippen LogP contribution in [0.15, 0.2) is 35.8 Å². The number of hydrogen-bond donors (Lipinski definition) is 0. The van der Waals surface area contributed by atoms with E-state index in [1.807, 2.05) is 23.2 Å². The van der Waals surface area contributed by atoms with Crippen LogP contribution in [0.4, 0.5) is 5.69 Å². The smallest absolute Gasteiger partial charge is 0.222 e. The highest BCUT2D eigenvalue weighted by Crippen LogP contribution is 2.37. The standard InChI is InChI=1S/C31H41N5O3S/c1-22(2)31-33-25(21-40-31)26(20-24(37)9-5-14-35-15-6-10-28(35)38)34-16-7-17-36(19-18-34)30-27(39-3)12-11-23-8-4-13-32-29(23)30/h4,8,11-13,21-22,26H,5-7,9-10,14-20H2,1-3H3. The second kappa shape index (κ2) is 13.1. The van der Waals surface area contributed by atoms with Gasteiger partial charge < -0.3 is 14.5 Å². The summed E-state index contributed by atoms with van der Waals surface area (Å²) in [5, 5.41) is 4.36. The van der Waals surface area contributed by atoms with Crippen LogP contribution in [0.1, 0.15) is 75.0 Å². The predicted octanol–water partition coefficient (Wildman–Crippen LogP) is 5.44. The third-order valence-electron chi connectivity index (χ3n) is 8.07. The summed E-state index contributed by atoms with van der Waals surface area (Å²) < 4.78 is 5.78. The topological polar surface area (TPSA) is 78.9 Å². The van der Waals surface area contributed by atoms with E-state index in [2.05, 4.69) is 41.2 Å². The summed E-state index contributed by atoms with van der Waals surface area (Å²) in [4.78, 5) is 41.7. The number of anilines is 1. The van der Waals surface area contributed by atoms with E-state index in [-0.39, 0.29) is 17.7 Å². The fraction of sp³-hybridized carbons (Fsp3) is 0.548. The van der Waals surface area contributed by atoms with Crippen LogP contribution in [-0.2, 0) is 9.59 Å². The molecule has 0 aliphatic carbocycles. The maximum absolute atomic E-state index is 13.3. The van der Waals surface area contributed by atoms with Crippen molar-refractivity contribution in [2.45, 2.75) is 64.3 Å². The molecule has 2 aliphatic heterocycles. The molecule has 0 radical (unpaired) electrons. The van der Waals surface area contributed by atoms with Gasteiger partial charge in [-0.05, 0) is 37.5 Å². The number of carbonyl (C=O) groups excluding carboxylic acids is 2. The Labute approximate surface area is 241 Å². The first-order chi connectivity index (χ1) is 19.4. The number of likely N-dealkylation sites (tertiary alicyclic amines) is 1. The van der Waals surface area contributed by atoms with E-state index in [1.165, 1.54) is 0 Å². The Morgan fingerprint density at radius 3 is 2.73 bits per heavy atom. The third kappa shape index (κ3) is 6.47. The molecule has 0 spiro atoms. The maximum atomic E-state index is 13.3. The zero-order valence-corrected chi connectivity index (χ0v) is 24.8. The van der Waals surface area contributed by atoms with Crippen molar-refractivity contribution in [3.05, 3.63) is 46.5 Å². The van der Waals surface area contributed by atoms with Crippen molar-refractivity contribution in [3.63, 3.8) is 0 Å². The van der Waals surface area contributed by atoms with Gasteiger partial charge in [0.25, 0.3) is 0 Å². The van der Waals surface area contributed by atoms with Gasteiger partial charge in [-0.2, -0.15) is 0 Å². The van der Waals surface area contributed by atoms with E-state index >= 15 is 0 Å². The van der Waals surface area contributed by atoms with Crippen LogP contribution in [0.3, 0.4) is 0 Å². The molecule has 2 saturated heterocycles. The molecule has 9 heteroatoms. The lowest BCUT2D eigenvalue weighted by Crippen LogP contribution is -2.35. The van der Waals surface area contributed by atoms with Crippen molar-refractivity contribution in [1.82, 2.24) is 19.8 Å². The van der Waals surface area contributed by atoms with Gasteiger partial charge in [0.05, 0.1) is 29.4 Å². The molecule has 2 aliphatic rings. The van der Waals surface area contributed by atoms with Crippen LogP contribution in [-0.4, -0.2) is 77.8 Å². The molecule has 40 heavy (non-hydrogen) atoms. The number of ether oxygens (including phenoxy) is 1. The molecule has 1 atom stereocenters. The predicted molar refractivity (Wildman–Crippen MR) is 160 cm³/mol. The minimum absolute atomic E-state index is 0.0443. The summed E-state index contributed by atoms with van der Waals surface area (Å²) in [5.74, 6) is 1.67. The van der Waals surface area contributed by atoms with Crippen molar-refractivity contribution in [3.8, 4) is 5.75 Å². The van der Waals surface area contributed by atoms with E-state index in [1.54, 1.807) is 18.4 Å². The van der Waals surface area contributed by atoms with Gasteiger partial charge in [0.2, 0.25) is 5.91 Å². The normalized spacial score (nSPS) is 17.6. The molecule has 3 aromatic rings. The number of ketones is 1. The quantitative estimate of drug-likeness (QED) is 0.307. The van der Waals surface area contributed by atoms with Gasteiger partial charge in [-0.3, -0.25) is 19.5 Å². The molecule has 4 heterocycles. The molecular formula is C31H41N5O3S. The minimum Gasteiger partial charge on any atom is -0.494 e. The van der Waals surface area contributed by atoms with Gasteiger partial charge in [0, 0.05) is 81.4 Å². The number of nitrogens with zero attached hydrogens (tertiary/aromatic N) is 5. The monoisotopic (exact) mass is 563 g/mol. The molecule has 214 valence electrons. The summed E-state index contributed by atoms with van der Waals surface area (Å²) in [5.41, 5.74) is 3.01. The summed E-state index contributed by atoms with van der Waals surface area (Å²) in [6.07, 6.45) is 6.07. The van der Waals surface area contributed by atoms with E-state index in [9.17, 15) is 9.59 Å². The van der Waals surface area contributed by atoms with Gasteiger partial charge in [-0.1, -0.05) is 19.9 Å². The molecule has 5 rings (SSSR count). The lowest BCUT2D eigenvalue weighted by molar-refractivity contribution is -0.128. The van der Waals surface area contributed by atoms with Gasteiger partial charge in [-0.25, -0.2) is 4.98 Å². The Hall–Kier alpha value is -3.04. The first-order valence-corrected chi connectivity index (χ1v) is 15.5. The number of rotatable bonds is 11. The average molecular weight is 564 g/mol. The number of amides is 1. The van der Waals surface area contributed by atoms with Crippen LogP contribution in [0, 0.1) is 0 Å². The van der Waals surface area contributed by atoms with Crippen LogP contribution >= 0.6 is 11.3 Å². The van der Waals surface area contributed by atoms with Crippen LogP contribution in [0.5, 0.6) is 5.75 Å². The first-order valence-electron chi connectivity index (χ1n) is 14.6. The van der Waals surface area contributed by atoms with Crippen LogP contribution in [0.2, 0.25) is 0 Å². The van der Waals surface area contributed by atoms with Crippen molar-refractivity contribution in [2.75, 3.05) is 51.3 Å². The van der Waals surface area contributed by atoms with Crippen molar-refractivity contribution in [2.24, 2.45) is 0 Å². The Bertz CT molecular complexity index is 1330. The molecule has 2 fully saturated rings. The Kier molecular flexibility index (Phi) is 9.32. The first kappa shape index (κ1) is 28.5. The van der Waals surface area contributed by atoms with Gasteiger partial charge in [-0.15, -0.1) is 11.3 Å². The van der Waals surface area contributed by atoms with E-state index in [4.69, 9.17) is 14.7 Å². The van der Waals surface area contributed by atoms with Gasteiger partial charge in [0.15, 0.2) is 0 Å². The SMILES string of the molecule is COc1ccc2cccnc2c1N1CCCN(C(CC(=O)CCCN2CCCC2=O)c2csc(C(C)C)n2)CC1. The van der Waals surface area contributed by atoms with Crippen molar-refractivity contribution in [1.29, 1.82) is 0 Å². The van der Waals surface area contributed by atoms with Crippen LogP contribution in [0.25, 0.3) is 10.9 Å². The van der Waals surface area contributed by atoms with Crippen molar-refractivity contribution < 1.29 is 14.3 Å².